The molecule has 4 nitrogen and oxygen atoms in total. The van der Waals surface area contributed by atoms with Crippen molar-refractivity contribution >= 4 is 28.6 Å². The highest BCUT2D eigenvalue weighted by Crippen LogP contribution is 2.25. The normalized spacial score (nSPS) is 14.4. The number of nitrogens with one attached hydrogen (secondary N) is 1. The molecule has 0 aliphatic carbocycles. The first-order valence-corrected chi connectivity index (χ1v) is 9.47. The van der Waals surface area contributed by atoms with Crippen LogP contribution in [0.1, 0.15) is 47.1 Å². The number of hydrogen-bond donors (Lipinski definition) is 1. The van der Waals surface area contributed by atoms with E-state index in [1.165, 1.54) is 29.9 Å². The third-order valence-corrected chi connectivity index (χ3v) is 5.38. The van der Waals surface area contributed by atoms with Crippen LogP contribution in [0.3, 0.4) is 0 Å². The Morgan fingerprint density at radius 2 is 2.08 bits per heavy atom. The molecule has 1 aromatic heterocycles. The van der Waals surface area contributed by atoms with Gasteiger partial charge in [-0.3, -0.25) is 4.79 Å². The Balaban J connectivity index is 1.72. The van der Waals surface area contributed by atoms with E-state index in [-0.39, 0.29) is 5.91 Å². The van der Waals surface area contributed by atoms with E-state index in [4.69, 9.17) is 0 Å². The average molecular weight is 343 g/mol. The second kappa shape index (κ2) is 7.34. The zero-order valence-electron chi connectivity index (χ0n) is 14.6. The quantitative estimate of drug-likeness (QED) is 0.869. The fourth-order valence-electron chi connectivity index (χ4n) is 3.04. The number of aryl methyl sites for hydroxylation is 1. The van der Waals surface area contributed by atoms with Crippen LogP contribution < -0.4 is 10.2 Å². The Morgan fingerprint density at radius 1 is 1.33 bits per heavy atom. The van der Waals surface area contributed by atoms with Gasteiger partial charge in [-0.2, -0.15) is 0 Å². The zero-order valence-corrected chi connectivity index (χ0v) is 15.4. The van der Waals surface area contributed by atoms with Crippen molar-refractivity contribution in [3.8, 4) is 0 Å². The van der Waals surface area contributed by atoms with Gasteiger partial charge in [0.25, 0.3) is 5.91 Å². The topological polar surface area (TPSA) is 45.2 Å². The van der Waals surface area contributed by atoms with Gasteiger partial charge < -0.3 is 10.2 Å². The summed E-state index contributed by atoms with van der Waals surface area (Å²) in [5.74, 6) is 0.488. The highest BCUT2D eigenvalue weighted by atomic mass is 32.1. The SMILES string of the molecule is Cc1nc(CC(C)C)sc1C(=O)Nc1cccc(N2CCCC2)c1. The van der Waals surface area contributed by atoms with Gasteiger partial charge >= 0.3 is 0 Å². The summed E-state index contributed by atoms with van der Waals surface area (Å²) in [5.41, 5.74) is 2.86. The molecule has 128 valence electrons. The standard InChI is InChI=1S/C19H25N3OS/c1-13(2)11-17-20-14(3)18(24-17)19(23)21-15-7-6-8-16(12-15)22-9-4-5-10-22/h6-8,12-13H,4-5,9-11H2,1-3H3,(H,21,23). The van der Waals surface area contributed by atoms with Crippen LogP contribution in [0.15, 0.2) is 24.3 Å². The van der Waals surface area contributed by atoms with Crippen molar-refractivity contribution in [2.45, 2.75) is 40.0 Å². The molecule has 2 aromatic rings. The third kappa shape index (κ3) is 3.96. The molecule has 5 heteroatoms. The van der Waals surface area contributed by atoms with E-state index in [1.54, 1.807) is 0 Å². The monoisotopic (exact) mass is 343 g/mol. The molecule has 0 spiro atoms. The smallest absolute Gasteiger partial charge is 0.267 e. The summed E-state index contributed by atoms with van der Waals surface area (Å²) in [6, 6.07) is 8.13. The van der Waals surface area contributed by atoms with Crippen LogP contribution in [-0.2, 0) is 6.42 Å². The molecule has 0 radical (unpaired) electrons. The summed E-state index contributed by atoms with van der Waals surface area (Å²) in [6.45, 7) is 8.45. The molecule has 1 aromatic carbocycles. The van der Waals surface area contributed by atoms with Gasteiger partial charge in [-0.15, -0.1) is 11.3 Å². The zero-order chi connectivity index (χ0) is 17.1. The van der Waals surface area contributed by atoms with Crippen molar-refractivity contribution in [2.75, 3.05) is 23.3 Å². The Bertz CT molecular complexity index is 717. The van der Waals surface area contributed by atoms with Gasteiger partial charge in [0, 0.05) is 30.9 Å². The van der Waals surface area contributed by atoms with E-state index in [0.29, 0.717) is 5.92 Å². The van der Waals surface area contributed by atoms with Crippen molar-refractivity contribution in [2.24, 2.45) is 5.92 Å². The minimum Gasteiger partial charge on any atom is -0.371 e. The first-order valence-electron chi connectivity index (χ1n) is 8.65. The lowest BCUT2D eigenvalue weighted by molar-refractivity contribution is 0.103. The van der Waals surface area contributed by atoms with Crippen molar-refractivity contribution in [1.82, 2.24) is 4.98 Å². The molecule has 1 saturated heterocycles. The Hall–Kier alpha value is -1.88. The van der Waals surface area contributed by atoms with Gasteiger partial charge in [0.15, 0.2) is 0 Å². The van der Waals surface area contributed by atoms with Gasteiger partial charge in [0.05, 0.1) is 10.7 Å². The first kappa shape index (κ1) is 17.0. The molecular formula is C19H25N3OS. The lowest BCUT2D eigenvalue weighted by Crippen LogP contribution is -2.18. The third-order valence-electron chi connectivity index (χ3n) is 4.21. The van der Waals surface area contributed by atoms with Crippen LogP contribution in [0.25, 0.3) is 0 Å². The summed E-state index contributed by atoms with van der Waals surface area (Å²) in [5, 5.41) is 4.07. The maximum absolute atomic E-state index is 12.6. The molecule has 1 fully saturated rings. The molecular weight excluding hydrogens is 318 g/mol. The largest absolute Gasteiger partial charge is 0.371 e. The number of anilines is 2. The van der Waals surface area contributed by atoms with Gasteiger partial charge in [-0.25, -0.2) is 4.98 Å². The molecule has 1 amide bonds. The number of benzene rings is 1. The van der Waals surface area contributed by atoms with Crippen molar-refractivity contribution in [1.29, 1.82) is 0 Å². The number of aromatic nitrogens is 1. The van der Waals surface area contributed by atoms with Crippen molar-refractivity contribution in [3.05, 3.63) is 39.8 Å². The van der Waals surface area contributed by atoms with Crippen LogP contribution in [0.5, 0.6) is 0 Å². The Morgan fingerprint density at radius 3 is 2.79 bits per heavy atom. The molecule has 3 rings (SSSR count). The highest BCUT2D eigenvalue weighted by Gasteiger charge is 2.17. The number of carbonyl (C=O) groups is 1. The van der Waals surface area contributed by atoms with E-state index in [0.717, 1.165) is 40.8 Å². The van der Waals surface area contributed by atoms with Gasteiger partial charge in [0.1, 0.15) is 4.88 Å². The summed E-state index contributed by atoms with van der Waals surface area (Å²) in [4.78, 5) is 20.2. The van der Waals surface area contributed by atoms with Crippen molar-refractivity contribution in [3.63, 3.8) is 0 Å². The second-order valence-electron chi connectivity index (χ2n) is 6.82. The number of thiazole rings is 1. The van der Waals surface area contributed by atoms with Gasteiger partial charge in [-0.05, 0) is 43.9 Å². The predicted molar refractivity (Wildman–Crippen MR) is 101 cm³/mol. The maximum atomic E-state index is 12.6. The minimum atomic E-state index is -0.0569. The number of amides is 1. The van der Waals surface area contributed by atoms with E-state index >= 15 is 0 Å². The van der Waals surface area contributed by atoms with Crippen LogP contribution in [-0.4, -0.2) is 24.0 Å². The molecule has 1 aliphatic rings. The fourth-order valence-corrected chi connectivity index (χ4v) is 4.22. The molecule has 2 heterocycles. The van der Waals surface area contributed by atoms with Gasteiger partial charge in [0.2, 0.25) is 0 Å². The highest BCUT2D eigenvalue weighted by molar-refractivity contribution is 7.13. The maximum Gasteiger partial charge on any atom is 0.267 e. The second-order valence-corrected chi connectivity index (χ2v) is 7.90. The molecule has 0 unspecified atom stereocenters. The summed E-state index contributed by atoms with van der Waals surface area (Å²) >= 11 is 1.51. The summed E-state index contributed by atoms with van der Waals surface area (Å²) in [6.07, 6.45) is 3.41. The van der Waals surface area contributed by atoms with Crippen LogP contribution in [0.2, 0.25) is 0 Å². The lowest BCUT2D eigenvalue weighted by Gasteiger charge is -2.18. The van der Waals surface area contributed by atoms with E-state index < -0.39 is 0 Å². The number of hydrogen-bond acceptors (Lipinski definition) is 4. The number of rotatable bonds is 5. The fraction of sp³-hybridized carbons (Fsp3) is 0.474. The van der Waals surface area contributed by atoms with E-state index in [2.05, 4.69) is 41.2 Å². The molecule has 24 heavy (non-hydrogen) atoms. The lowest BCUT2D eigenvalue weighted by atomic mass is 10.1. The van der Waals surface area contributed by atoms with Crippen molar-refractivity contribution < 1.29 is 4.79 Å². The van der Waals surface area contributed by atoms with Crippen LogP contribution in [0.4, 0.5) is 11.4 Å². The Labute approximate surface area is 147 Å². The molecule has 1 N–H and O–H groups in total. The number of nitrogens with zero attached hydrogens (tertiary/aromatic N) is 2. The summed E-state index contributed by atoms with van der Waals surface area (Å²) in [7, 11) is 0. The Kier molecular flexibility index (Phi) is 5.19. The predicted octanol–water partition coefficient (Wildman–Crippen LogP) is 4.50. The van der Waals surface area contributed by atoms with Crippen LogP contribution in [0, 0.1) is 12.8 Å². The van der Waals surface area contributed by atoms with E-state index in [1.807, 2.05) is 19.1 Å². The molecule has 0 saturated carbocycles. The van der Waals surface area contributed by atoms with Gasteiger partial charge in [-0.1, -0.05) is 19.9 Å². The number of carbonyl (C=O) groups excluding carboxylic acids is 1. The average Bonchev–Trinajstić information content (AvgIpc) is 3.17. The summed E-state index contributed by atoms with van der Waals surface area (Å²) < 4.78 is 0. The molecule has 1 aliphatic heterocycles. The molecule has 0 atom stereocenters. The van der Waals surface area contributed by atoms with E-state index in [9.17, 15) is 4.79 Å². The van der Waals surface area contributed by atoms with Crippen LogP contribution >= 0.6 is 11.3 Å². The minimum absolute atomic E-state index is 0.0569. The molecule has 0 bridgehead atoms. The first-order chi connectivity index (χ1) is 11.5.